The van der Waals surface area contributed by atoms with Crippen molar-refractivity contribution in [3.8, 4) is 0 Å². The standard InChI is InChI=1S/C12H24N2O/c1-14(6-2-3-7-15)12-8-10-4-5-11(9-12)13-10/h10-13,15H,2-9H2,1H3. The van der Waals surface area contributed by atoms with Gasteiger partial charge in [0, 0.05) is 24.7 Å². The van der Waals surface area contributed by atoms with Crippen molar-refractivity contribution in [3.63, 3.8) is 0 Å². The van der Waals surface area contributed by atoms with Crippen molar-refractivity contribution in [3.05, 3.63) is 0 Å². The molecule has 2 N–H and O–H groups in total. The Morgan fingerprint density at radius 1 is 1.20 bits per heavy atom. The summed E-state index contributed by atoms with van der Waals surface area (Å²) in [6.07, 6.45) is 7.49. The van der Waals surface area contributed by atoms with Crippen molar-refractivity contribution in [2.24, 2.45) is 0 Å². The van der Waals surface area contributed by atoms with E-state index >= 15 is 0 Å². The summed E-state index contributed by atoms with van der Waals surface area (Å²) in [5, 5.41) is 12.4. The number of unbranched alkanes of at least 4 members (excludes halogenated alkanes) is 1. The predicted molar refractivity (Wildman–Crippen MR) is 61.9 cm³/mol. The molecule has 0 aromatic heterocycles. The smallest absolute Gasteiger partial charge is 0.0431 e. The molecule has 2 aliphatic heterocycles. The fourth-order valence-corrected chi connectivity index (χ4v) is 3.04. The number of nitrogens with one attached hydrogen (secondary N) is 1. The molecule has 0 aliphatic carbocycles. The number of rotatable bonds is 5. The number of hydrogen-bond donors (Lipinski definition) is 2. The second-order valence-electron chi connectivity index (χ2n) is 5.17. The second-order valence-corrected chi connectivity index (χ2v) is 5.17. The van der Waals surface area contributed by atoms with Gasteiger partial charge < -0.3 is 15.3 Å². The third-order valence-electron chi connectivity index (χ3n) is 3.99. The van der Waals surface area contributed by atoms with Gasteiger partial charge in [0.15, 0.2) is 0 Å². The van der Waals surface area contributed by atoms with E-state index in [-0.39, 0.29) is 0 Å². The predicted octanol–water partition coefficient (Wildman–Crippen LogP) is 0.974. The first kappa shape index (κ1) is 11.4. The summed E-state index contributed by atoms with van der Waals surface area (Å²) in [6.45, 7) is 1.48. The van der Waals surface area contributed by atoms with E-state index < -0.39 is 0 Å². The van der Waals surface area contributed by atoms with Gasteiger partial charge in [-0.1, -0.05) is 0 Å². The van der Waals surface area contributed by atoms with Crippen molar-refractivity contribution in [1.82, 2.24) is 10.2 Å². The molecule has 0 aromatic carbocycles. The van der Waals surface area contributed by atoms with Crippen LogP contribution in [0.1, 0.15) is 38.5 Å². The zero-order valence-corrected chi connectivity index (χ0v) is 9.78. The molecule has 2 atom stereocenters. The molecule has 3 heteroatoms. The van der Waals surface area contributed by atoms with Gasteiger partial charge in [-0.25, -0.2) is 0 Å². The third kappa shape index (κ3) is 2.92. The average Bonchev–Trinajstić information content (AvgIpc) is 2.58. The first-order chi connectivity index (χ1) is 7.29. The summed E-state index contributed by atoms with van der Waals surface area (Å²) in [6, 6.07) is 2.35. The second kappa shape index (κ2) is 5.28. The average molecular weight is 212 g/mol. The van der Waals surface area contributed by atoms with E-state index in [1.165, 1.54) is 25.7 Å². The Kier molecular flexibility index (Phi) is 4.00. The van der Waals surface area contributed by atoms with Gasteiger partial charge in [-0.2, -0.15) is 0 Å². The van der Waals surface area contributed by atoms with Crippen LogP contribution in [0.3, 0.4) is 0 Å². The monoisotopic (exact) mass is 212 g/mol. The highest BCUT2D eigenvalue weighted by Gasteiger charge is 2.34. The van der Waals surface area contributed by atoms with Crippen LogP contribution in [0.5, 0.6) is 0 Å². The van der Waals surface area contributed by atoms with Crippen LogP contribution >= 0.6 is 0 Å². The Balaban J connectivity index is 1.73. The van der Waals surface area contributed by atoms with Gasteiger partial charge in [-0.15, -0.1) is 0 Å². The molecule has 2 bridgehead atoms. The molecule has 2 unspecified atom stereocenters. The Bertz CT molecular complexity index is 186. The molecule has 88 valence electrons. The van der Waals surface area contributed by atoms with Gasteiger partial charge >= 0.3 is 0 Å². The number of nitrogens with zero attached hydrogens (tertiary/aromatic N) is 1. The topological polar surface area (TPSA) is 35.5 Å². The van der Waals surface area contributed by atoms with E-state index in [0.717, 1.165) is 37.5 Å². The largest absolute Gasteiger partial charge is 0.396 e. The summed E-state index contributed by atoms with van der Waals surface area (Å²) in [7, 11) is 2.24. The summed E-state index contributed by atoms with van der Waals surface area (Å²) < 4.78 is 0. The molecule has 2 fully saturated rings. The van der Waals surface area contributed by atoms with Crippen molar-refractivity contribution in [2.75, 3.05) is 20.2 Å². The van der Waals surface area contributed by atoms with E-state index in [0.29, 0.717) is 6.61 Å². The minimum absolute atomic E-state index is 0.339. The maximum absolute atomic E-state index is 8.76. The lowest BCUT2D eigenvalue weighted by molar-refractivity contribution is 0.165. The van der Waals surface area contributed by atoms with E-state index in [4.69, 9.17) is 5.11 Å². The van der Waals surface area contributed by atoms with E-state index in [1.807, 2.05) is 0 Å². The lowest BCUT2D eigenvalue weighted by Crippen LogP contribution is -2.47. The number of aliphatic hydroxyl groups is 1. The van der Waals surface area contributed by atoms with Crippen molar-refractivity contribution in [2.45, 2.75) is 56.7 Å². The van der Waals surface area contributed by atoms with Crippen molar-refractivity contribution in [1.29, 1.82) is 0 Å². The Labute approximate surface area is 92.8 Å². The summed E-state index contributed by atoms with van der Waals surface area (Å²) in [5.41, 5.74) is 0. The maximum Gasteiger partial charge on any atom is 0.0431 e. The number of fused-ring (bicyclic) bond motifs is 2. The number of aliphatic hydroxyl groups excluding tert-OH is 1. The molecule has 3 nitrogen and oxygen atoms in total. The highest BCUT2D eigenvalue weighted by molar-refractivity contribution is 4.95. The van der Waals surface area contributed by atoms with Gasteiger partial charge in [0.1, 0.15) is 0 Å². The molecular formula is C12H24N2O. The van der Waals surface area contributed by atoms with Gasteiger partial charge in [0.25, 0.3) is 0 Å². The Morgan fingerprint density at radius 2 is 1.87 bits per heavy atom. The van der Waals surface area contributed by atoms with Crippen LogP contribution in [0.25, 0.3) is 0 Å². The van der Waals surface area contributed by atoms with Gasteiger partial charge in [0.05, 0.1) is 0 Å². The zero-order valence-electron chi connectivity index (χ0n) is 9.78. The molecule has 2 saturated heterocycles. The molecule has 0 saturated carbocycles. The quantitative estimate of drug-likeness (QED) is 0.667. The third-order valence-corrected chi connectivity index (χ3v) is 3.99. The first-order valence-corrected chi connectivity index (χ1v) is 6.36. The summed E-state index contributed by atoms with van der Waals surface area (Å²) in [5.74, 6) is 0. The van der Waals surface area contributed by atoms with Crippen LogP contribution in [-0.4, -0.2) is 48.3 Å². The van der Waals surface area contributed by atoms with Crippen molar-refractivity contribution < 1.29 is 5.11 Å². The SMILES string of the molecule is CN(CCCCO)C1CC2CCC(C1)N2. The van der Waals surface area contributed by atoms with Gasteiger partial charge in [-0.3, -0.25) is 0 Å². The van der Waals surface area contributed by atoms with Crippen LogP contribution in [0, 0.1) is 0 Å². The Hall–Kier alpha value is -0.120. The molecular weight excluding hydrogens is 188 g/mol. The van der Waals surface area contributed by atoms with Gasteiger partial charge in [-0.05, 0) is 52.1 Å². The normalized spacial score (nSPS) is 35.0. The van der Waals surface area contributed by atoms with Gasteiger partial charge in [0.2, 0.25) is 0 Å². The summed E-state index contributed by atoms with van der Waals surface area (Å²) in [4.78, 5) is 2.50. The molecule has 0 radical (unpaired) electrons. The maximum atomic E-state index is 8.76. The Morgan fingerprint density at radius 3 is 2.47 bits per heavy atom. The summed E-state index contributed by atoms with van der Waals surface area (Å²) >= 11 is 0. The lowest BCUT2D eigenvalue weighted by atomic mass is 9.98. The van der Waals surface area contributed by atoms with E-state index in [9.17, 15) is 0 Å². The first-order valence-electron chi connectivity index (χ1n) is 6.36. The minimum atomic E-state index is 0.339. The van der Waals surface area contributed by atoms with Crippen LogP contribution in [0.4, 0.5) is 0 Å². The van der Waals surface area contributed by atoms with Crippen LogP contribution in [0.15, 0.2) is 0 Å². The molecule has 2 aliphatic rings. The van der Waals surface area contributed by atoms with E-state index in [1.54, 1.807) is 0 Å². The molecule has 15 heavy (non-hydrogen) atoms. The minimum Gasteiger partial charge on any atom is -0.396 e. The fourth-order valence-electron chi connectivity index (χ4n) is 3.04. The highest BCUT2D eigenvalue weighted by atomic mass is 16.2. The van der Waals surface area contributed by atoms with Crippen LogP contribution in [-0.2, 0) is 0 Å². The number of hydrogen-bond acceptors (Lipinski definition) is 3. The molecule has 2 heterocycles. The van der Waals surface area contributed by atoms with Crippen LogP contribution in [0.2, 0.25) is 0 Å². The number of piperidine rings is 1. The zero-order chi connectivity index (χ0) is 10.7. The van der Waals surface area contributed by atoms with Crippen molar-refractivity contribution >= 4 is 0 Å². The lowest BCUT2D eigenvalue weighted by Gasteiger charge is -2.35. The fraction of sp³-hybridized carbons (Fsp3) is 1.00. The molecule has 0 amide bonds. The molecule has 0 aromatic rings. The van der Waals surface area contributed by atoms with E-state index in [2.05, 4.69) is 17.3 Å². The highest BCUT2D eigenvalue weighted by Crippen LogP contribution is 2.29. The van der Waals surface area contributed by atoms with Crippen LogP contribution < -0.4 is 5.32 Å². The molecule has 0 spiro atoms. The molecule has 2 rings (SSSR count).